The van der Waals surface area contributed by atoms with Gasteiger partial charge < -0.3 is 20.1 Å². The van der Waals surface area contributed by atoms with Crippen LogP contribution >= 0.6 is 11.8 Å². The Balaban J connectivity index is 2.20. The molecule has 0 radical (unpaired) electrons. The van der Waals surface area contributed by atoms with Crippen LogP contribution in [0.25, 0.3) is 10.4 Å². The Labute approximate surface area is 119 Å². The third-order valence-electron chi connectivity index (χ3n) is 3.03. The molecular weight excluding hydrogens is 282 g/mol. The fraction of sp³-hybridized carbons (Fsp3) is 0.500. The van der Waals surface area contributed by atoms with Crippen molar-refractivity contribution in [2.45, 2.75) is 34.7 Å². The fourth-order valence-corrected chi connectivity index (χ4v) is 3.12. The molecule has 0 aliphatic carbocycles. The highest BCUT2D eigenvalue weighted by Gasteiger charge is 2.44. The molecule has 7 nitrogen and oxygen atoms in total. The Morgan fingerprint density at radius 2 is 1.95 bits per heavy atom. The molecule has 3 N–H and O–H groups in total. The number of nitrogens with zero attached hydrogens (tertiary/aromatic N) is 3. The summed E-state index contributed by atoms with van der Waals surface area (Å²) in [6, 6.07) is 8.35. The molecule has 0 amide bonds. The van der Waals surface area contributed by atoms with E-state index in [4.69, 9.17) is 10.3 Å². The lowest BCUT2D eigenvalue weighted by Gasteiger charge is -2.40. The van der Waals surface area contributed by atoms with E-state index in [2.05, 4.69) is 10.0 Å². The van der Waals surface area contributed by atoms with Crippen molar-refractivity contribution >= 4 is 11.8 Å². The van der Waals surface area contributed by atoms with Crippen LogP contribution < -0.4 is 0 Å². The molecule has 0 aromatic heterocycles. The molecule has 1 aliphatic heterocycles. The molecule has 20 heavy (non-hydrogen) atoms. The smallest absolute Gasteiger partial charge is 0.119 e. The molecule has 108 valence electrons. The van der Waals surface area contributed by atoms with Gasteiger partial charge in [-0.3, -0.25) is 0 Å². The zero-order valence-corrected chi connectivity index (χ0v) is 11.3. The highest BCUT2D eigenvalue weighted by Crippen LogP contribution is 2.34. The Morgan fingerprint density at radius 1 is 1.25 bits per heavy atom. The van der Waals surface area contributed by atoms with E-state index < -0.39 is 36.4 Å². The lowest BCUT2D eigenvalue weighted by Crippen LogP contribution is -2.56. The minimum Gasteiger partial charge on any atom is -0.394 e. The maximum atomic E-state index is 10.00. The first kappa shape index (κ1) is 15.1. The Hall–Kier alpha value is -1.28. The van der Waals surface area contributed by atoms with Gasteiger partial charge in [0.2, 0.25) is 0 Å². The molecular formula is C12H15N3O4S. The highest BCUT2D eigenvalue weighted by atomic mass is 32.2. The summed E-state index contributed by atoms with van der Waals surface area (Å²) in [6.45, 7) is -0.424. The molecule has 1 fully saturated rings. The number of benzene rings is 1. The van der Waals surface area contributed by atoms with Crippen molar-refractivity contribution in [1.82, 2.24) is 0 Å². The van der Waals surface area contributed by atoms with Gasteiger partial charge >= 0.3 is 0 Å². The number of hydrogen-bond acceptors (Lipinski definition) is 6. The normalized spacial score (nSPS) is 33.5. The van der Waals surface area contributed by atoms with Crippen molar-refractivity contribution in [3.63, 3.8) is 0 Å². The summed E-state index contributed by atoms with van der Waals surface area (Å²) in [5.41, 5.74) is 7.90. The predicted molar refractivity (Wildman–Crippen MR) is 73.0 cm³/mol. The van der Waals surface area contributed by atoms with Crippen molar-refractivity contribution in [3.05, 3.63) is 40.8 Å². The second-order valence-electron chi connectivity index (χ2n) is 4.33. The molecule has 1 aliphatic rings. The van der Waals surface area contributed by atoms with Crippen LogP contribution in [-0.4, -0.2) is 51.7 Å². The van der Waals surface area contributed by atoms with Crippen molar-refractivity contribution in [2.75, 3.05) is 6.61 Å². The van der Waals surface area contributed by atoms with Crippen LogP contribution in [0.5, 0.6) is 0 Å². The molecule has 1 saturated heterocycles. The van der Waals surface area contributed by atoms with E-state index in [-0.39, 0.29) is 0 Å². The van der Waals surface area contributed by atoms with Crippen molar-refractivity contribution < 1.29 is 20.1 Å². The van der Waals surface area contributed by atoms with Crippen molar-refractivity contribution in [1.29, 1.82) is 0 Å². The quantitative estimate of drug-likeness (QED) is 0.433. The van der Waals surface area contributed by atoms with E-state index in [0.29, 0.717) is 0 Å². The number of azide groups is 1. The van der Waals surface area contributed by atoms with Gasteiger partial charge in [0.15, 0.2) is 0 Å². The van der Waals surface area contributed by atoms with Crippen LogP contribution in [0.15, 0.2) is 40.3 Å². The van der Waals surface area contributed by atoms with E-state index >= 15 is 0 Å². The lowest BCUT2D eigenvalue weighted by molar-refractivity contribution is -0.165. The van der Waals surface area contributed by atoms with Gasteiger partial charge in [-0.05, 0) is 17.7 Å². The standard InChI is InChI=1S/C12H15N3O4S/c13-15-14-9-11(18)10(17)8(6-16)19-12(9)20-7-4-2-1-3-5-7/h1-5,8-12,16-18H,6H2/t8-,9-,10+,11-,12?/m1/s1. The van der Waals surface area contributed by atoms with E-state index in [1.807, 2.05) is 30.3 Å². The Bertz CT molecular complexity index is 483. The topological polar surface area (TPSA) is 119 Å². The van der Waals surface area contributed by atoms with Crippen LogP contribution in [0, 0.1) is 0 Å². The number of aliphatic hydroxyl groups is 3. The number of thioether (sulfide) groups is 1. The molecule has 0 spiro atoms. The Kier molecular flexibility index (Phi) is 5.24. The summed E-state index contributed by atoms with van der Waals surface area (Å²) in [7, 11) is 0. The summed E-state index contributed by atoms with van der Waals surface area (Å²) in [6.07, 6.45) is -3.47. The molecule has 2 rings (SSSR count). The first-order valence-electron chi connectivity index (χ1n) is 6.05. The summed E-state index contributed by atoms with van der Waals surface area (Å²) >= 11 is 1.27. The minimum atomic E-state index is -1.29. The number of ether oxygens (including phenoxy) is 1. The summed E-state index contributed by atoms with van der Waals surface area (Å²) in [4.78, 5) is 3.56. The second-order valence-corrected chi connectivity index (χ2v) is 5.50. The molecule has 8 heteroatoms. The van der Waals surface area contributed by atoms with Gasteiger partial charge in [0.05, 0.1) is 12.7 Å². The number of hydrogen-bond donors (Lipinski definition) is 3. The second kappa shape index (κ2) is 6.94. The molecule has 0 saturated carbocycles. The summed E-state index contributed by atoms with van der Waals surface area (Å²) in [5, 5.41) is 32.5. The summed E-state index contributed by atoms with van der Waals surface area (Å²) < 4.78 is 5.53. The van der Waals surface area contributed by atoms with Gasteiger partial charge in [0.25, 0.3) is 0 Å². The van der Waals surface area contributed by atoms with Crippen LogP contribution in [0.2, 0.25) is 0 Å². The number of rotatable bonds is 4. The average molecular weight is 297 g/mol. The van der Waals surface area contributed by atoms with Gasteiger partial charge in [-0.2, -0.15) is 0 Å². The first-order valence-corrected chi connectivity index (χ1v) is 6.93. The van der Waals surface area contributed by atoms with Crippen LogP contribution in [-0.2, 0) is 4.74 Å². The molecule has 1 unspecified atom stereocenters. The van der Waals surface area contributed by atoms with Crippen LogP contribution in [0.1, 0.15) is 0 Å². The van der Waals surface area contributed by atoms with Crippen molar-refractivity contribution in [2.24, 2.45) is 5.11 Å². The third-order valence-corrected chi connectivity index (χ3v) is 4.20. The van der Waals surface area contributed by atoms with Crippen molar-refractivity contribution in [3.8, 4) is 0 Å². The average Bonchev–Trinajstić information content (AvgIpc) is 2.47. The van der Waals surface area contributed by atoms with Gasteiger partial charge in [0, 0.05) is 9.81 Å². The molecule has 0 bridgehead atoms. The minimum absolute atomic E-state index is 0.424. The largest absolute Gasteiger partial charge is 0.394 e. The maximum Gasteiger partial charge on any atom is 0.119 e. The van der Waals surface area contributed by atoms with Crippen LogP contribution in [0.3, 0.4) is 0 Å². The van der Waals surface area contributed by atoms with Gasteiger partial charge in [-0.25, -0.2) is 0 Å². The lowest BCUT2D eigenvalue weighted by atomic mass is 9.99. The van der Waals surface area contributed by atoms with E-state index in [9.17, 15) is 15.3 Å². The fourth-order valence-electron chi connectivity index (χ4n) is 1.98. The monoisotopic (exact) mass is 297 g/mol. The maximum absolute atomic E-state index is 10.00. The molecule has 1 aromatic rings. The third kappa shape index (κ3) is 3.24. The molecule has 1 aromatic carbocycles. The van der Waals surface area contributed by atoms with E-state index in [1.54, 1.807) is 0 Å². The van der Waals surface area contributed by atoms with Crippen LogP contribution in [0.4, 0.5) is 0 Å². The molecule has 5 atom stereocenters. The highest BCUT2D eigenvalue weighted by molar-refractivity contribution is 7.99. The molecule has 1 heterocycles. The van der Waals surface area contributed by atoms with E-state index in [0.717, 1.165) is 4.90 Å². The first-order chi connectivity index (χ1) is 9.67. The zero-order valence-electron chi connectivity index (χ0n) is 10.5. The Morgan fingerprint density at radius 3 is 2.55 bits per heavy atom. The van der Waals surface area contributed by atoms with Gasteiger partial charge in [0.1, 0.15) is 23.7 Å². The van der Waals surface area contributed by atoms with Gasteiger partial charge in [-0.15, -0.1) is 0 Å². The van der Waals surface area contributed by atoms with E-state index in [1.165, 1.54) is 11.8 Å². The van der Waals surface area contributed by atoms with Gasteiger partial charge in [-0.1, -0.05) is 35.1 Å². The number of aliphatic hydroxyl groups excluding tert-OH is 3. The summed E-state index contributed by atoms with van der Waals surface area (Å²) in [5.74, 6) is 0. The SMILES string of the molecule is [N-]=[N+]=N[C@H]1C(Sc2ccccc2)O[C@H](CO)[C@H](O)[C@@H]1O. The zero-order chi connectivity index (χ0) is 14.5. The predicted octanol–water partition coefficient (Wildman–Crippen LogP) is 0.897.